The van der Waals surface area contributed by atoms with E-state index < -0.39 is 30.9 Å². The number of aliphatic hydroxyl groups is 3. The van der Waals surface area contributed by atoms with Crippen LogP contribution in [0.1, 0.15) is 6.92 Å². The van der Waals surface area contributed by atoms with Crippen molar-refractivity contribution in [1.82, 2.24) is 0 Å². The molecule has 0 aromatic rings. The highest BCUT2D eigenvalue weighted by atomic mass is 16.5. The van der Waals surface area contributed by atoms with Gasteiger partial charge in [0.25, 0.3) is 0 Å². The van der Waals surface area contributed by atoms with Gasteiger partial charge in [-0.05, 0) is 0 Å². The van der Waals surface area contributed by atoms with Gasteiger partial charge in [-0.3, -0.25) is 4.79 Å². The molecule has 6 heteroatoms. The highest BCUT2D eigenvalue weighted by Gasteiger charge is 2.24. The van der Waals surface area contributed by atoms with Gasteiger partial charge in [-0.2, -0.15) is 0 Å². The normalized spacial score (nSPS) is 17.2. The molecule has 0 spiro atoms. The monoisotopic (exact) mass is 192 g/mol. The Morgan fingerprint density at radius 2 is 2.00 bits per heavy atom. The number of aldehydes is 1. The number of hydrogen-bond acceptors (Lipinski definition) is 6. The second-order valence-electron chi connectivity index (χ2n) is 2.49. The maximum absolute atomic E-state index is 10.3. The van der Waals surface area contributed by atoms with Gasteiger partial charge < -0.3 is 24.9 Å². The maximum atomic E-state index is 10.3. The van der Waals surface area contributed by atoms with Crippen LogP contribution < -0.4 is 0 Å². The first-order chi connectivity index (χ1) is 5.99. The van der Waals surface area contributed by atoms with Gasteiger partial charge in [-0.15, -0.1) is 0 Å². The van der Waals surface area contributed by atoms with Gasteiger partial charge in [-0.25, -0.2) is 0 Å². The number of rotatable bonds is 5. The third-order valence-electron chi connectivity index (χ3n) is 1.34. The summed E-state index contributed by atoms with van der Waals surface area (Å²) in [4.78, 5) is 20.2. The van der Waals surface area contributed by atoms with Crippen LogP contribution in [0.5, 0.6) is 0 Å². The van der Waals surface area contributed by atoms with Crippen LogP contribution in [-0.2, 0) is 14.3 Å². The molecule has 0 unspecified atom stereocenters. The Balaban J connectivity index is 3.87. The fourth-order valence-electron chi connectivity index (χ4n) is 0.609. The average Bonchev–Trinajstić information content (AvgIpc) is 2.11. The number of hydrogen-bond donors (Lipinski definition) is 3. The van der Waals surface area contributed by atoms with Crippen molar-refractivity contribution in [2.24, 2.45) is 0 Å². The lowest BCUT2D eigenvalue weighted by Crippen LogP contribution is -2.41. The second kappa shape index (κ2) is 5.63. The lowest BCUT2D eigenvalue weighted by molar-refractivity contribution is -0.149. The molecule has 13 heavy (non-hydrogen) atoms. The van der Waals surface area contributed by atoms with E-state index in [0.717, 1.165) is 6.92 Å². The molecule has 0 aromatic heterocycles. The van der Waals surface area contributed by atoms with Crippen molar-refractivity contribution < 1.29 is 29.6 Å². The van der Waals surface area contributed by atoms with E-state index in [0.29, 0.717) is 0 Å². The van der Waals surface area contributed by atoms with Gasteiger partial charge in [0.1, 0.15) is 24.9 Å². The van der Waals surface area contributed by atoms with E-state index in [9.17, 15) is 9.59 Å². The summed E-state index contributed by atoms with van der Waals surface area (Å²) >= 11 is 0. The molecular weight excluding hydrogens is 180 g/mol. The quantitative estimate of drug-likeness (QED) is 0.338. The van der Waals surface area contributed by atoms with E-state index in [1.807, 2.05) is 0 Å². The molecule has 0 bridgehead atoms. The van der Waals surface area contributed by atoms with Crippen molar-refractivity contribution in [3.8, 4) is 0 Å². The SMILES string of the molecule is CC(=O)OC[C@@H](O)[C@H](O)[C@@H](O)C=O. The van der Waals surface area contributed by atoms with E-state index in [1.54, 1.807) is 0 Å². The highest BCUT2D eigenvalue weighted by molar-refractivity contribution is 5.65. The summed E-state index contributed by atoms with van der Waals surface area (Å²) in [5.74, 6) is -0.619. The Labute approximate surface area is 74.7 Å². The van der Waals surface area contributed by atoms with Crippen LogP contribution >= 0.6 is 0 Å². The lowest BCUT2D eigenvalue weighted by atomic mass is 10.1. The molecule has 0 aliphatic rings. The maximum Gasteiger partial charge on any atom is 0.302 e. The molecule has 0 saturated heterocycles. The van der Waals surface area contributed by atoms with Crippen LogP contribution in [-0.4, -0.2) is 52.5 Å². The molecule has 0 heterocycles. The fraction of sp³-hybridized carbons (Fsp3) is 0.714. The Morgan fingerprint density at radius 1 is 1.46 bits per heavy atom. The molecule has 0 rings (SSSR count). The van der Waals surface area contributed by atoms with Gasteiger partial charge in [0.15, 0.2) is 6.29 Å². The molecule has 76 valence electrons. The predicted octanol–water partition coefficient (Wildman–Crippen LogP) is -2.17. The topological polar surface area (TPSA) is 104 Å². The minimum Gasteiger partial charge on any atom is -0.463 e. The molecule has 6 nitrogen and oxygen atoms in total. The van der Waals surface area contributed by atoms with Crippen molar-refractivity contribution in [3.63, 3.8) is 0 Å². The van der Waals surface area contributed by atoms with Crippen molar-refractivity contribution in [2.75, 3.05) is 6.61 Å². The summed E-state index contributed by atoms with van der Waals surface area (Å²) in [6.07, 6.45) is -4.70. The zero-order chi connectivity index (χ0) is 10.4. The summed E-state index contributed by atoms with van der Waals surface area (Å²) in [6.45, 7) is 0.677. The molecule has 3 atom stereocenters. The molecule has 0 amide bonds. The fourth-order valence-corrected chi connectivity index (χ4v) is 0.609. The van der Waals surface area contributed by atoms with Crippen LogP contribution in [0.2, 0.25) is 0 Å². The smallest absolute Gasteiger partial charge is 0.302 e. The van der Waals surface area contributed by atoms with E-state index in [1.165, 1.54) is 0 Å². The van der Waals surface area contributed by atoms with Crippen LogP contribution in [0.3, 0.4) is 0 Å². The third-order valence-corrected chi connectivity index (χ3v) is 1.34. The first-order valence-corrected chi connectivity index (χ1v) is 3.62. The van der Waals surface area contributed by atoms with Crippen molar-refractivity contribution in [2.45, 2.75) is 25.2 Å². The zero-order valence-electron chi connectivity index (χ0n) is 7.08. The molecule has 0 fully saturated rings. The van der Waals surface area contributed by atoms with E-state index >= 15 is 0 Å². The van der Waals surface area contributed by atoms with Gasteiger partial charge in [-0.1, -0.05) is 0 Å². The number of carbonyl (C=O) groups is 2. The summed E-state index contributed by atoms with van der Waals surface area (Å²) in [7, 11) is 0. The largest absolute Gasteiger partial charge is 0.463 e. The second-order valence-corrected chi connectivity index (χ2v) is 2.49. The summed E-state index contributed by atoms with van der Waals surface area (Å²) < 4.78 is 4.34. The summed E-state index contributed by atoms with van der Waals surface area (Å²) in [5.41, 5.74) is 0. The molecule has 0 radical (unpaired) electrons. The first-order valence-electron chi connectivity index (χ1n) is 3.62. The standard InChI is InChI=1S/C7H12O6/c1-4(9)13-3-6(11)7(12)5(10)2-8/h2,5-7,10-12H,3H2,1H3/t5-,6+,7+/m0/s1. The minimum absolute atomic E-state index is 0.0850. The van der Waals surface area contributed by atoms with Crippen LogP contribution in [0.25, 0.3) is 0 Å². The van der Waals surface area contributed by atoms with Crippen LogP contribution in [0.15, 0.2) is 0 Å². The van der Waals surface area contributed by atoms with E-state index in [-0.39, 0.29) is 6.29 Å². The van der Waals surface area contributed by atoms with Crippen molar-refractivity contribution >= 4 is 12.3 Å². The molecule has 0 aliphatic carbocycles. The van der Waals surface area contributed by atoms with Gasteiger partial charge >= 0.3 is 5.97 Å². The van der Waals surface area contributed by atoms with E-state index in [2.05, 4.69) is 4.74 Å². The number of aliphatic hydroxyl groups excluding tert-OH is 3. The number of carbonyl (C=O) groups excluding carboxylic acids is 2. The lowest BCUT2D eigenvalue weighted by Gasteiger charge is -2.18. The van der Waals surface area contributed by atoms with Gasteiger partial charge in [0.05, 0.1) is 0 Å². The number of ether oxygens (including phenoxy) is 1. The average molecular weight is 192 g/mol. The summed E-state index contributed by atoms with van der Waals surface area (Å²) in [6, 6.07) is 0. The third kappa shape index (κ3) is 4.56. The Hall–Kier alpha value is -0.980. The Bertz CT molecular complexity index is 180. The summed E-state index contributed by atoms with van der Waals surface area (Å²) in [5, 5.41) is 26.7. The molecule has 0 saturated carbocycles. The molecular formula is C7H12O6. The highest BCUT2D eigenvalue weighted by Crippen LogP contribution is 1.99. The number of esters is 1. The Kier molecular flexibility index (Phi) is 5.20. The zero-order valence-corrected chi connectivity index (χ0v) is 7.08. The molecule has 0 aromatic carbocycles. The van der Waals surface area contributed by atoms with Crippen molar-refractivity contribution in [3.05, 3.63) is 0 Å². The Morgan fingerprint density at radius 3 is 2.38 bits per heavy atom. The first kappa shape index (κ1) is 12.0. The van der Waals surface area contributed by atoms with Gasteiger partial charge in [0.2, 0.25) is 0 Å². The van der Waals surface area contributed by atoms with Crippen LogP contribution in [0, 0.1) is 0 Å². The van der Waals surface area contributed by atoms with Crippen molar-refractivity contribution in [1.29, 1.82) is 0 Å². The predicted molar refractivity (Wildman–Crippen MR) is 40.7 cm³/mol. The molecule has 3 N–H and O–H groups in total. The van der Waals surface area contributed by atoms with Gasteiger partial charge in [0, 0.05) is 6.92 Å². The minimum atomic E-state index is -1.68. The molecule has 0 aliphatic heterocycles. The van der Waals surface area contributed by atoms with Crippen LogP contribution in [0.4, 0.5) is 0 Å². The van der Waals surface area contributed by atoms with E-state index in [4.69, 9.17) is 15.3 Å².